The average molecular weight is 363 g/mol. The van der Waals surface area contributed by atoms with E-state index in [0.29, 0.717) is 21.2 Å². The van der Waals surface area contributed by atoms with Crippen LogP contribution in [0, 0.1) is 21.4 Å². The van der Waals surface area contributed by atoms with Gasteiger partial charge in [-0.2, -0.15) is 5.26 Å². The summed E-state index contributed by atoms with van der Waals surface area (Å²) < 4.78 is 5.11. The molecule has 0 heterocycles. The number of carbonyl (C=O) groups excluding carboxylic acids is 1. The summed E-state index contributed by atoms with van der Waals surface area (Å²) in [5, 5.41) is 20.3. The van der Waals surface area contributed by atoms with E-state index in [1.54, 1.807) is 24.3 Å². The first kappa shape index (κ1) is 17.8. The minimum absolute atomic E-state index is 0.100. The molecule has 0 saturated carbocycles. The van der Waals surface area contributed by atoms with Crippen LogP contribution in [0.4, 0.5) is 5.69 Å². The lowest BCUT2D eigenvalue weighted by Gasteiger charge is -2.06. The highest BCUT2D eigenvalue weighted by Gasteiger charge is 2.15. The van der Waals surface area contributed by atoms with Crippen LogP contribution >= 0.6 is 23.4 Å². The Morgan fingerprint density at radius 1 is 1.29 bits per heavy atom. The third kappa shape index (κ3) is 4.72. The fraction of sp³-hybridized carbons (Fsp3) is 0.125. The molecule has 0 atom stereocenters. The van der Waals surface area contributed by atoms with Gasteiger partial charge in [-0.1, -0.05) is 11.6 Å². The number of halogens is 1. The van der Waals surface area contributed by atoms with E-state index < -0.39 is 10.9 Å². The Hall–Kier alpha value is -2.56. The molecule has 2 rings (SSSR count). The van der Waals surface area contributed by atoms with E-state index in [4.69, 9.17) is 21.6 Å². The van der Waals surface area contributed by atoms with Gasteiger partial charge in [0, 0.05) is 16.8 Å². The molecule has 0 aliphatic heterocycles. The fourth-order valence-corrected chi connectivity index (χ4v) is 2.77. The molecule has 0 aliphatic carbocycles. The predicted molar refractivity (Wildman–Crippen MR) is 90.3 cm³/mol. The zero-order valence-corrected chi connectivity index (χ0v) is 13.8. The zero-order chi connectivity index (χ0) is 17.5. The number of rotatable bonds is 6. The van der Waals surface area contributed by atoms with Crippen molar-refractivity contribution in [1.29, 1.82) is 5.26 Å². The van der Waals surface area contributed by atoms with Crippen molar-refractivity contribution < 1.29 is 14.5 Å². The second-order valence-corrected chi connectivity index (χ2v) is 6.12. The fourth-order valence-electron chi connectivity index (χ4n) is 1.81. The van der Waals surface area contributed by atoms with Gasteiger partial charge >= 0.3 is 5.97 Å². The third-order valence-corrected chi connectivity index (χ3v) is 4.22. The number of ether oxygens (including phenoxy) is 1. The Morgan fingerprint density at radius 3 is 2.62 bits per heavy atom. The van der Waals surface area contributed by atoms with Gasteiger partial charge in [-0.05, 0) is 36.4 Å². The molecule has 0 saturated heterocycles. The van der Waals surface area contributed by atoms with Crippen molar-refractivity contribution in [1.82, 2.24) is 0 Å². The average Bonchev–Trinajstić information content (AvgIpc) is 2.59. The van der Waals surface area contributed by atoms with Crippen LogP contribution in [0.5, 0.6) is 0 Å². The van der Waals surface area contributed by atoms with Crippen molar-refractivity contribution in [2.45, 2.75) is 4.90 Å². The predicted octanol–water partition coefficient (Wildman–Crippen LogP) is 4.07. The SMILES string of the molecule is N#Cc1ccc(SCCOC(=O)c2ccc(Cl)cc2)c([N+](=O)[O-])c1. The van der Waals surface area contributed by atoms with E-state index in [-0.39, 0.29) is 17.9 Å². The molecule has 0 amide bonds. The van der Waals surface area contributed by atoms with Crippen LogP contribution in [0.25, 0.3) is 0 Å². The standard InChI is InChI=1S/C16H11ClN2O4S/c17-13-4-2-12(3-5-13)16(20)23-7-8-24-15-6-1-11(10-18)9-14(15)19(21)22/h1-6,9H,7-8H2. The normalized spacial score (nSPS) is 10.0. The molecule has 0 radical (unpaired) electrons. The van der Waals surface area contributed by atoms with Crippen LogP contribution in [0.15, 0.2) is 47.4 Å². The Balaban J connectivity index is 1.90. The highest BCUT2D eigenvalue weighted by Crippen LogP contribution is 2.29. The molecule has 8 heteroatoms. The molecule has 2 aromatic carbocycles. The molecule has 24 heavy (non-hydrogen) atoms. The van der Waals surface area contributed by atoms with Gasteiger partial charge in [0.15, 0.2) is 0 Å². The number of thioether (sulfide) groups is 1. The molecule has 2 aromatic rings. The van der Waals surface area contributed by atoms with Gasteiger partial charge in [-0.3, -0.25) is 10.1 Å². The molecule has 0 unspecified atom stereocenters. The zero-order valence-electron chi connectivity index (χ0n) is 12.3. The van der Waals surface area contributed by atoms with Gasteiger partial charge in [0.25, 0.3) is 5.69 Å². The lowest BCUT2D eigenvalue weighted by atomic mass is 10.2. The Labute approximate surface area is 147 Å². The van der Waals surface area contributed by atoms with Crippen molar-refractivity contribution in [3.8, 4) is 6.07 Å². The van der Waals surface area contributed by atoms with Gasteiger partial charge < -0.3 is 4.74 Å². The van der Waals surface area contributed by atoms with Crippen LogP contribution in [0.1, 0.15) is 15.9 Å². The number of nitro groups is 1. The van der Waals surface area contributed by atoms with E-state index in [1.165, 1.54) is 30.0 Å². The number of nitriles is 1. The summed E-state index contributed by atoms with van der Waals surface area (Å²) in [4.78, 5) is 22.7. The first-order valence-electron chi connectivity index (χ1n) is 6.75. The summed E-state index contributed by atoms with van der Waals surface area (Å²) in [5.41, 5.74) is 0.469. The molecule has 122 valence electrons. The summed E-state index contributed by atoms with van der Waals surface area (Å²) >= 11 is 6.93. The number of esters is 1. The topological polar surface area (TPSA) is 93.2 Å². The number of benzene rings is 2. The summed E-state index contributed by atoms with van der Waals surface area (Å²) in [5.74, 6) is -0.131. The molecule has 0 N–H and O–H groups in total. The van der Waals surface area contributed by atoms with Crippen molar-refractivity contribution in [3.63, 3.8) is 0 Å². The molecule has 0 aliphatic rings. The van der Waals surface area contributed by atoms with Crippen molar-refractivity contribution in [3.05, 3.63) is 68.7 Å². The number of nitro benzene ring substituents is 1. The highest BCUT2D eigenvalue weighted by molar-refractivity contribution is 7.99. The van der Waals surface area contributed by atoms with E-state index in [0.717, 1.165) is 0 Å². The van der Waals surface area contributed by atoms with Gasteiger partial charge in [0.2, 0.25) is 0 Å². The van der Waals surface area contributed by atoms with Crippen LogP contribution in [-0.2, 0) is 4.74 Å². The van der Waals surface area contributed by atoms with Gasteiger partial charge in [-0.25, -0.2) is 4.79 Å². The molecule has 0 spiro atoms. The quantitative estimate of drug-likeness (QED) is 0.253. The third-order valence-electron chi connectivity index (χ3n) is 2.94. The van der Waals surface area contributed by atoms with Crippen molar-refractivity contribution >= 4 is 35.0 Å². The Morgan fingerprint density at radius 2 is 2.00 bits per heavy atom. The van der Waals surface area contributed by atoms with E-state index in [9.17, 15) is 14.9 Å². The summed E-state index contributed by atoms with van der Waals surface area (Å²) in [6, 6.07) is 12.4. The lowest BCUT2D eigenvalue weighted by Crippen LogP contribution is -2.07. The van der Waals surface area contributed by atoms with Gasteiger partial charge in [0.1, 0.15) is 6.61 Å². The van der Waals surface area contributed by atoms with Gasteiger partial charge in [0.05, 0.1) is 27.0 Å². The number of carbonyl (C=O) groups is 1. The first-order valence-corrected chi connectivity index (χ1v) is 8.11. The maximum atomic E-state index is 11.8. The Kier molecular flexibility index (Phi) is 6.18. The second-order valence-electron chi connectivity index (χ2n) is 4.54. The molecule has 0 aromatic heterocycles. The van der Waals surface area contributed by atoms with E-state index >= 15 is 0 Å². The van der Waals surface area contributed by atoms with Crippen molar-refractivity contribution in [2.75, 3.05) is 12.4 Å². The first-order chi connectivity index (χ1) is 11.5. The molecular weight excluding hydrogens is 352 g/mol. The number of hydrogen-bond donors (Lipinski definition) is 0. The van der Waals surface area contributed by atoms with Crippen LogP contribution in [0.2, 0.25) is 5.02 Å². The molecular formula is C16H11ClN2O4S. The highest BCUT2D eigenvalue weighted by atomic mass is 35.5. The molecule has 6 nitrogen and oxygen atoms in total. The lowest BCUT2D eigenvalue weighted by molar-refractivity contribution is -0.387. The van der Waals surface area contributed by atoms with Gasteiger partial charge in [-0.15, -0.1) is 11.8 Å². The maximum Gasteiger partial charge on any atom is 0.338 e. The molecule has 0 fully saturated rings. The van der Waals surface area contributed by atoms with Crippen LogP contribution in [-0.4, -0.2) is 23.3 Å². The van der Waals surface area contributed by atoms with Crippen molar-refractivity contribution in [2.24, 2.45) is 0 Å². The minimum Gasteiger partial charge on any atom is -0.461 e. The monoisotopic (exact) mass is 362 g/mol. The minimum atomic E-state index is -0.539. The smallest absolute Gasteiger partial charge is 0.338 e. The summed E-state index contributed by atoms with van der Waals surface area (Å²) in [6.45, 7) is 0.100. The number of nitrogens with zero attached hydrogens (tertiary/aromatic N) is 2. The summed E-state index contributed by atoms with van der Waals surface area (Å²) in [7, 11) is 0. The Bertz CT molecular complexity index is 803. The second kappa shape index (κ2) is 8.34. The molecule has 0 bridgehead atoms. The number of hydrogen-bond acceptors (Lipinski definition) is 6. The maximum absolute atomic E-state index is 11.8. The largest absolute Gasteiger partial charge is 0.461 e. The van der Waals surface area contributed by atoms with Crippen LogP contribution < -0.4 is 0 Å². The summed E-state index contributed by atoms with van der Waals surface area (Å²) in [6.07, 6.45) is 0. The van der Waals surface area contributed by atoms with E-state index in [1.807, 2.05) is 6.07 Å². The van der Waals surface area contributed by atoms with Crippen LogP contribution in [0.3, 0.4) is 0 Å². The van der Waals surface area contributed by atoms with E-state index in [2.05, 4.69) is 0 Å².